The van der Waals surface area contributed by atoms with Crippen LogP contribution in [0.15, 0.2) is 58.8 Å². The minimum Gasteiger partial charge on any atom is -0.334 e. The molecule has 0 spiro atoms. The molecule has 1 aliphatic rings. The van der Waals surface area contributed by atoms with Crippen molar-refractivity contribution in [1.29, 1.82) is 0 Å². The van der Waals surface area contributed by atoms with E-state index in [2.05, 4.69) is 4.72 Å². The van der Waals surface area contributed by atoms with Gasteiger partial charge < -0.3 is 4.90 Å². The van der Waals surface area contributed by atoms with Gasteiger partial charge in [0.15, 0.2) is 0 Å². The molecular weight excluding hydrogens is 411 g/mol. The van der Waals surface area contributed by atoms with Crippen LogP contribution in [-0.2, 0) is 23.0 Å². The summed E-state index contributed by atoms with van der Waals surface area (Å²) in [4.78, 5) is 16.1. The van der Waals surface area contributed by atoms with Crippen LogP contribution in [0.3, 0.4) is 0 Å². The Morgan fingerprint density at radius 3 is 2.66 bits per heavy atom. The summed E-state index contributed by atoms with van der Waals surface area (Å²) in [6, 6.07) is 11.6. The number of hydrogen-bond acceptors (Lipinski definition) is 4. The number of carbonyl (C=O) groups excluding carboxylic acids is 1. The van der Waals surface area contributed by atoms with Crippen LogP contribution in [0.2, 0.25) is 0 Å². The lowest BCUT2D eigenvalue weighted by atomic mass is 10.0. The average molecular weight is 431 g/mol. The normalized spacial score (nSPS) is 13.8. The molecule has 8 heteroatoms. The number of anilines is 1. The van der Waals surface area contributed by atoms with Crippen LogP contribution in [0.5, 0.6) is 0 Å². The van der Waals surface area contributed by atoms with Crippen molar-refractivity contribution in [2.45, 2.75) is 24.8 Å². The topological polar surface area (TPSA) is 66.5 Å². The third kappa shape index (κ3) is 4.04. The summed E-state index contributed by atoms with van der Waals surface area (Å²) >= 11 is 1.70. The second kappa shape index (κ2) is 7.61. The number of rotatable bonds is 4. The van der Waals surface area contributed by atoms with Gasteiger partial charge in [0.05, 0.1) is 4.90 Å². The molecule has 1 amide bonds. The summed E-state index contributed by atoms with van der Waals surface area (Å²) < 4.78 is 41.0. The smallest absolute Gasteiger partial charge is 0.261 e. The lowest BCUT2D eigenvalue weighted by molar-refractivity contribution is 0.0735. The van der Waals surface area contributed by atoms with Gasteiger partial charge in [-0.1, -0.05) is 6.07 Å². The Labute approximate surface area is 172 Å². The average Bonchev–Trinajstić information content (AvgIpc) is 3.17. The van der Waals surface area contributed by atoms with Gasteiger partial charge in [0.1, 0.15) is 5.82 Å². The Bertz CT molecular complexity index is 1170. The van der Waals surface area contributed by atoms with Crippen LogP contribution in [0.4, 0.5) is 10.1 Å². The van der Waals surface area contributed by atoms with Crippen LogP contribution in [0.1, 0.15) is 26.4 Å². The number of carbonyl (C=O) groups is 1. The third-order valence-corrected chi connectivity index (χ3v) is 7.34. The molecule has 0 aliphatic carbocycles. The Morgan fingerprint density at radius 2 is 1.90 bits per heavy atom. The van der Waals surface area contributed by atoms with E-state index in [0.717, 1.165) is 12.0 Å². The minimum atomic E-state index is -3.91. The first-order valence-electron chi connectivity index (χ1n) is 9.07. The Balaban J connectivity index is 1.60. The van der Waals surface area contributed by atoms with Crippen molar-refractivity contribution < 1.29 is 17.6 Å². The lowest BCUT2D eigenvalue weighted by Gasteiger charge is -2.27. The van der Waals surface area contributed by atoms with Crippen molar-refractivity contribution in [3.63, 3.8) is 0 Å². The first-order chi connectivity index (χ1) is 13.8. The van der Waals surface area contributed by atoms with Gasteiger partial charge in [0.25, 0.3) is 15.9 Å². The summed E-state index contributed by atoms with van der Waals surface area (Å²) in [6.07, 6.45) is 0.807. The zero-order valence-corrected chi connectivity index (χ0v) is 17.3. The van der Waals surface area contributed by atoms with Gasteiger partial charge in [-0.05, 0) is 72.3 Å². The number of fused-ring (bicyclic) bond motifs is 1. The minimum absolute atomic E-state index is 0.0102. The van der Waals surface area contributed by atoms with Gasteiger partial charge in [-0.3, -0.25) is 9.52 Å². The summed E-state index contributed by atoms with van der Waals surface area (Å²) in [5, 5.41) is 2.03. The molecule has 0 unspecified atom stereocenters. The highest BCUT2D eigenvalue weighted by Gasteiger charge is 2.25. The number of sulfonamides is 1. The fourth-order valence-corrected chi connectivity index (χ4v) is 5.30. The monoisotopic (exact) mass is 430 g/mol. The highest BCUT2D eigenvalue weighted by Crippen LogP contribution is 2.26. The third-order valence-electron chi connectivity index (χ3n) is 4.94. The van der Waals surface area contributed by atoms with Crippen molar-refractivity contribution in [3.8, 4) is 0 Å². The predicted octanol–water partition coefficient (Wildman–Crippen LogP) is 4.19. The molecule has 0 saturated carbocycles. The molecule has 2 heterocycles. The van der Waals surface area contributed by atoms with Gasteiger partial charge in [-0.2, -0.15) is 0 Å². The lowest BCUT2D eigenvalue weighted by Crippen LogP contribution is -2.35. The number of benzene rings is 2. The van der Waals surface area contributed by atoms with E-state index >= 15 is 0 Å². The standard InChI is InChI=1S/C21H19FN2O3S2/c1-14-2-7-18(29(26,27)23-17-5-3-16(22)4-6-17)12-19(14)21(25)24-10-8-20-15(13-24)9-11-28-20/h2-7,9,11-12,23H,8,10,13H2,1H3. The largest absolute Gasteiger partial charge is 0.334 e. The van der Waals surface area contributed by atoms with E-state index in [9.17, 15) is 17.6 Å². The van der Waals surface area contributed by atoms with E-state index in [4.69, 9.17) is 0 Å². The number of amides is 1. The molecule has 1 N–H and O–H groups in total. The van der Waals surface area contributed by atoms with E-state index in [0.29, 0.717) is 24.2 Å². The summed E-state index contributed by atoms with van der Waals surface area (Å²) in [7, 11) is -3.91. The highest BCUT2D eigenvalue weighted by molar-refractivity contribution is 7.92. The van der Waals surface area contributed by atoms with Gasteiger partial charge in [0, 0.05) is 29.2 Å². The molecule has 5 nitrogen and oxygen atoms in total. The molecule has 1 aromatic heterocycles. The second-order valence-electron chi connectivity index (χ2n) is 6.93. The first kappa shape index (κ1) is 19.6. The molecule has 0 saturated heterocycles. The molecule has 4 rings (SSSR count). The maximum absolute atomic E-state index is 13.1. The van der Waals surface area contributed by atoms with E-state index < -0.39 is 15.8 Å². The molecular formula is C21H19FN2O3S2. The second-order valence-corrected chi connectivity index (χ2v) is 9.62. The molecule has 2 aromatic carbocycles. The van der Waals surface area contributed by atoms with Crippen molar-refractivity contribution in [2.75, 3.05) is 11.3 Å². The van der Waals surface area contributed by atoms with Crippen molar-refractivity contribution >= 4 is 33.0 Å². The maximum Gasteiger partial charge on any atom is 0.261 e. The molecule has 29 heavy (non-hydrogen) atoms. The maximum atomic E-state index is 13.1. The molecule has 0 bridgehead atoms. The van der Waals surface area contributed by atoms with E-state index in [-0.39, 0.29) is 16.5 Å². The van der Waals surface area contributed by atoms with Crippen LogP contribution in [0, 0.1) is 12.7 Å². The van der Waals surface area contributed by atoms with E-state index in [1.54, 1.807) is 29.2 Å². The predicted molar refractivity (Wildman–Crippen MR) is 111 cm³/mol. The van der Waals surface area contributed by atoms with Crippen LogP contribution in [-0.4, -0.2) is 25.8 Å². The van der Waals surface area contributed by atoms with Crippen LogP contribution in [0.25, 0.3) is 0 Å². The van der Waals surface area contributed by atoms with Crippen molar-refractivity contribution in [1.82, 2.24) is 4.90 Å². The summed E-state index contributed by atoms with van der Waals surface area (Å²) in [5.74, 6) is -0.635. The number of hydrogen-bond donors (Lipinski definition) is 1. The summed E-state index contributed by atoms with van der Waals surface area (Å²) in [6.45, 7) is 2.93. The number of nitrogens with zero attached hydrogens (tertiary/aromatic N) is 1. The fraction of sp³-hybridized carbons (Fsp3) is 0.190. The first-order valence-corrected chi connectivity index (χ1v) is 11.4. The molecule has 0 atom stereocenters. The number of thiophene rings is 1. The van der Waals surface area contributed by atoms with E-state index in [1.165, 1.54) is 41.3 Å². The Morgan fingerprint density at radius 1 is 1.14 bits per heavy atom. The number of halogens is 1. The SMILES string of the molecule is Cc1ccc(S(=O)(=O)Nc2ccc(F)cc2)cc1C(=O)N1CCc2sccc2C1. The molecule has 0 radical (unpaired) electrons. The van der Waals surface area contributed by atoms with Gasteiger partial charge in [-0.25, -0.2) is 12.8 Å². The van der Waals surface area contributed by atoms with Gasteiger partial charge in [0.2, 0.25) is 0 Å². The van der Waals surface area contributed by atoms with E-state index in [1.807, 2.05) is 11.4 Å². The summed E-state index contributed by atoms with van der Waals surface area (Å²) in [5.41, 5.74) is 2.48. The van der Waals surface area contributed by atoms with Crippen LogP contribution >= 0.6 is 11.3 Å². The Kier molecular flexibility index (Phi) is 5.14. The zero-order chi connectivity index (χ0) is 20.6. The fourth-order valence-electron chi connectivity index (χ4n) is 3.32. The van der Waals surface area contributed by atoms with Gasteiger partial charge in [-0.15, -0.1) is 11.3 Å². The molecule has 3 aromatic rings. The van der Waals surface area contributed by atoms with Crippen molar-refractivity contribution in [2.24, 2.45) is 0 Å². The number of nitrogens with one attached hydrogen (secondary N) is 1. The van der Waals surface area contributed by atoms with Gasteiger partial charge >= 0.3 is 0 Å². The zero-order valence-electron chi connectivity index (χ0n) is 15.7. The number of aryl methyl sites for hydroxylation is 1. The van der Waals surface area contributed by atoms with Crippen molar-refractivity contribution in [3.05, 3.63) is 81.3 Å². The van der Waals surface area contributed by atoms with Crippen LogP contribution < -0.4 is 4.72 Å². The Hall–Kier alpha value is -2.71. The molecule has 150 valence electrons. The molecule has 1 aliphatic heterocycles. The molecule has 0 fully saturated rings. The quantitative estimate of drug-likeness (QED) is 0.675. The highest BCUT2D eigenvalue weighted by atomic mass is 32.2.